The lowest BCUT2D eigenvalue weighted by molar-refractivity contribution is -0.142. The molecule has 1 aromatic rings. The minimum absolute atomic E-state index is 0.00384. The smallest absolute Gasteiger partial charge is 0.227 e. The van der Waals surface area contributed by atoms with Gasteiger partial charge in [0.15, 0.2) is 0 Å². The van der Waals surface area contributed by atoms with Crippen LogP contribution in [-0.4, -0.2) is 47.3 Å². The van der Waals surface area contributed by atoms with Crippen LogP contribution < -0.4 is 0 Å². The summed E-state index contributed by atoms with van der Waals surface area (Å²) in [5.41, 5.74) is 1.06. The number of carbonyl (C=O) groups excluding carboxylic acids is 2. The van der Waals surface area contributed by atoms with Gasteiger partial charge in [0.25, 0.3) is 0 Å². The quantitative estimate of drug-likeness (QED) is 0.805. The summed E-state index contributed by atoms with van der Waals surface area (Å²) in [7, 11) is 0. The van der Waals surface area contributed by atoms with Crippen molar-refractivity contribution in [3.05, 3.63) is 35.9 Å². The maximum atomic E-state index is 13.5. The summed E-state index contributed by atoms with van der Waals surface area (Å²) in [6, 6.07) is 10.4. The van der Waals surface area contributed by atoms with Crippen molar-refractivity contribution in [1.82, 2.24) is 9.80 Å². The van der Waals surface area contributed by atoms with Crippen LogP contribution in [0.15, 0.2) is 30.3 Å². The molecular formula is C24H32N2O2. The van der Waals surface area contributed by atoms with Crippen molar-refractivity contribution in [2.75, 3.05) is 19.6 Å². The second-order valence-corrected chi connectivity index (χ2v) is 9.76. The SMILES string of the molecule is O=C(Cc1ccccc1)N1CCC[C@@H](C(=O)N2CC3C[C@@H]4CC2C[C@H](C3)C4)C1. The standard InChI is InChI=1S/C24H32N2O2/c27-23(14-17-5-2-1-3-6-17)25-8-4-7-21(16-25)24(28)26-15-20-10-18-9-19(11-20)13-22(26)12-18/h1-3,5-6,18-22H,4,7-16H2/t18-,19+,20?,21-,22?/m1/s1. The summed E-state index contributed by atoms with van der Waals surface area (Å²) >= 11 is 0. The van der Waals surface area contributed by atoms with E-state index in [0.717, 1.165) is 49.2 Å². The molecule has 2 amide bonds. The van der Waals surface area contributed by atoms with E-state index in [9.17, 15) is 9.59 Å². The van der Waals surface area contributed by atoms with Gasteiger partial charge in [0, 0.05) is 25.7 Å². The first-order chi connectivity index (χ1) is 13.7. The Labute approximate surface area is 168 Å². The van der Waals surface area contributed by atoms with Gasteiger partial charge in [-0.05, 0) is 68.3 Å². The molecule has 0 aromatic heterocycles. The molecule has 5 aliphatic rings. The molecule has 2 aliphatic carbocycles. The fourth-order valence-corrected chi connectivity index (χ4v) is 6.58. The Kier molecular flexibility index (Phi) is 4.90. The van der Waals surface area contributed by atoms with Gasteiger partial charge in [-0.3, -0.25) is 9.59 Å². The highest BCUT2D eigenvalue weighted by atomic mass is 16.2. The second-order valence-electron chi connectivity index (χ2n) is 9.76. The molecule has 2 saturated carbocycles. The summed E-state index contributed by atoms with van der Waals surface area (Å²) < 4.78 is 0. The summed E-state index contributed by atoms with van der Waals surface area (Å²) in [6.07, 6.45) is 8.86. The lowest BCUT2D eigenvalue weighted by atomic mass is 9.68. The fraction of sp³-hybridized carbons (Fsp3) is 0.667. The van der Waals surface area contributed by atoms with Crippen molar-refractivity contribution in [2.45, 2.75) is 57.4 Å². The normalized spacial score (nSPS) is 34.4. The highest BCUT2D eigenvalue weighted by Crippen LogP contribution is 2.47. The molecule has 3 aliphatic heterocycles. The molecule has 28 heavy (non-hydrogen) atoms. The molecule has 4 nitrogen and oxygen atoms in total. The Bertz CT molecular complexity index is 719. The van der Waals surface area contributed by atoms with Gasteiger partial charge >= 0.3 is 0 Å². The van der Waals surface area contributed by atoms with Crippen molar-refractivity contribution in [2.24, 2.45) is 23.7 Å². The summed E-state index contributed by atoms with van der Waals surface area (Å²) in [6.45, 7) is 2.39. The average Bonchev–Trinajstić information content (AvgIpc) is 2.91. The number of rotatable bonds is 3. The molecular weight excluding hydrogens is 348 g/mol. The van der Waals surface area contributed by atoms with Gasteiger partial charge in [-0.2, -0.15) is 0 Å². The van der Waals surface area contributed by atoms with E-state index in [1.807, 2.05) is 35.2 Å². The largest absolute Gasteiger partial charge is 0.342 e. The lowest BCUT2D eigenvalue weighted by Crippen LogP contribution is -2.50. The third kappa shape index (κ3) is 3.58. The number of benzene rings is 1. The maximum Gasteiger partial charge on any atom is 0.227 e. The Balaban J connectivity index is 1.25. The van der Waals surface area contributed by atoms with Crippen LogP contribution in [0.2, 0.25) is 0 Å². The van der Waals surface area contributed by atoms with Crippen LogP contribution in [0.25, 0.3) is 0 Å². The summed E-state index contributed by atoms with van der Waals surface area (Å²) in [4.78, 5) is 30.5. The summed E-state index contributed by atoms with van der Waals surface area (Å²) in [5.74, 6) is 2.95. The van der Waals surface area contributed by atoms with E-state index in [-0.39, 0.29) is 11.8 Å². The molecule has 4 heteroatoms. The predicted molar refractivity (Wildman–Crippen MR) is 109 cm³/mol. The average molecular weight is 381 g/mol. The zero-order valence-electron chi connectivity index (χ0n) is 16.8. The van der Waals surface area contributed by atoms with Crippen molar-refractivity contribution in [3.8, 4) is 0 Å². The minimum atomic E-state index is 0.00384. The molecule has 2 unspecified atom stereocenters. The summed E-state index contributed by atoms with van der Waals surface area (Å²) in [5, 5.41) is 0. The Morgan fingerprint density at radius 1 is 0.893 bits per heavy atom. The number of amides is 2. The number of hydrogen-bond acceptors (Lipinski definition) is 2. The van der Waals surface area contributed by atoms with Gasteiger partial charge < -0.3 is 9.80 Å². The van der Waals surface area contributed by atoms with E-state index in [2.05, 4.69) is 4.90 Å². The van der Waals surface area contributed by atoms with Gasteiger partial charge in [-0.1, -0.05) is 30.3 Å². The van der Waals surface area contributed by atoms with Crippen LogP contribution in [0.4, 0.5) is 0 Å². The zero-order chi connectivity index (χ0) is 19.1. The van der Waals surface area contributed by atoms with Gasteiger partial charge in [-0.25, -0.2) is 0 Å². The van der Waals surface area contributed by atoms with E-state index < -0.39 is 0 Å². The third-order valence-electron chi connectivity index (χ3n) is 7.71. The van der Waals surface area contributed by atoms with Crippen LogP contribution in [0.5, 0.6) is 0 Å². The molecule has 0 N–H and O–H groups in total. The number of piperidine rings is 1. The molecule has 150 valence electrons. The van der Waals surface area contributed by atoms with Gasteiger partial charge in [0.1, 0.15) is 0 Å². The number of likely N-dealkylation sites (tertiary alicyclic amines) is 1. The molecule has 6 rings (SSSR count). The van der Waals surface area contributed by atoms with Gasteiger partial charge in [0.2, 0.25) is 11.8 Å². The van der Waals surface area contributed by atoms with Crippen LogP contribution in [0.3, 0.4) is 0 Å². The van der Waals surface area contributed by atoms with E-state index in [1.165, 1.54) is 32.1 Å². The highest BCUT2D eigenvalue weighted by molar-refractivity contribution is 5.82. The van der Waals surface area contributed by atoms with E-state index in [0.29, 0.717) is 24.9 Å². The molecule has 3 heterocycles. The van der Waals surface area contributed by atoms with Crippen molar-refractivity contribution >= 4 is 11.8 Å². The fourth-order valence-electron chi connectivity index (χ4n) is 6.58. The minimum Gasteiger partial charge on any atom is -0.342 e. The first kappa shape index (κ1) is 18.2. The van der Waals surface area contributed by atoms with Crippen LogP contribution in [0, 0.1) is 23.7 Å². The van der Waals surface area contributed by atoms with Crippen LogP contribution in [0.1, 0.15) is 50.5 Å². The Morgan fingerprint density at radius 3 is 2.36 bits per heavy atom. The second kappa shape index (κ2) is 7.53. The zero-order valence-corrected chi connectivity index (χ0v) is 16.8. The van der Waals surface area contributed by atoms with Crippen LogP contribution in [-0.2, 0) is 16.0 Å². The molecule has 5 atom stereocenters. The maximum absolute atomic E-state index is 13.5. The van der Waals surface area contributed by atoms with Crippen molar-refractivity contribution in [3.63, 3.8) is 0 Å². The van der Waals surface area contributed by atoms with Gasteiger partial charge in [0.05, 0.1) is 12.3 Å². The molecule has 0 spiro atoms. The van der Waals surface area contributed by atoms with Gasteiger partial charge in [-0.15, -0.1) is 0 Å². The first-order valence-corrected chi connectivity index (χ1v) is 11.3. The first-order valence-electron chi connectivity index (χ1n) is 11.3. The third-order valence-corrected chi connectivity index (χ3v) is 7.71. The highest BCUT2D eigenvalue weighted by Gasteiger charge is 2.45. The lowest BCUT2D eigenvalue weighted by Gasteiger charge is -2.40. The topological polar surface area (TPSA) is 40.6 Å². The number of fused-ring (bicyclic) bond motifs is 1. The monoisotopic (exact) mass is 380 g/mol. The van der Waals surface area contributed by atoms with Crippen molar-refractivity contribution in [1.29, 1.82) is 0 Å². The predicted octanol–water partition coefficient (Wildman–Crippen LogP) is 3.50. The number of nitrogens with zero attached hydrogens (tertiary/aromatic N) is 2. The molecule has 3 saturated heterocycles. The van der Waals surface area contributed by atoms with Crippen LogP contribution >= 0.6 is 0 Å². The van der Waals surface area contributed by atoms with E-state index in [1.54, 1.807) is 0 Å². The molecule has 0 radical (unpaired) electrons. The van der Waals surface area contributed by atoms with E-state index in [4.69, 9.17) is 0 Å². The number of carbonyl (C=O) groups is 2. The molecule has 4 bridgehead atoms. The molecule has 1 aromatic carbocycles. The van der Waals surface area contributed by atoms with Crippen molar-refractivity contribution < 1.29 is 9.59 Å². The Morgan fingerprint density at radius 2 is 1.61 bits per heavy atom. The number of hydrogen-bond donors (Lipinski definition) is 0. The molecule has 5 fully saturated rings. The Hall–Kier alpha value is -1.84. The van der Waals surface area contributed by atoms with E-state index >= 15 is 0 Å².